The Hall–Kier alpha value is -2.63. The van der Waals surface area contributed by atoms with Crippen molar-refractivity contribution in [2.75, 3.05) is 12.4 Å². The zero-order valence-electron chi connectivity index (χ0n) is 12.9. The average molecular weight is 343 g/mol. The molecule has 122 valence electrons. The Morgan fingerprint density at radius 2 is 2.12 bits per heavy atom. The van der Waals surface area contributed by atoms with E-state index in [1.807, 2.05) is 6.07 Å². The van der Waals surface area contributed by atoms with Crippen LogP contribution in [-0.4, -0.2) is 23.1 Å². The summed E-state index contributed by atoms with van der Waals surface area (Å²) in [6.45, 7) is -0.182. The molecule has 0 fully saturated rings. The number of aromatic nitrogens is 1. The minimum absolute atomic E-state index is 0.182. The number of ether oxygens (including phenoxy) is 1. The molecular formula is C18H15ClN2O3. The van der Waals surface area contributed by atoms with Gasteiger partial charge in [-0.05, 0) is 42.5 Å². The number of carbonyl (C=O) groups excluding carboxylic acids is 1. The summed E-state index contributed by atoms with van der Waals surface area (Å²) < 4.78 is 5.15. The Labute approximate surface area is 143 Å². The maximum Gasteiger partial charge on any atom is 0.257 e. The second-order valence-electron chi connectivity index (χ2n) is 5.13. The topological polar surface area (TPSA) is 71.5 Å². The molecule has 1 aromatic heterocycles. The lowest BCUT2D eigenvalue weighted by Crippen LogP contribution is -2.13. The maximum absolute atomic E-state index is 12.6. The number of hydrogen-bond acceptors (Lipinski definition) is 4. The van der Waals surface area contributed by atoms with Crippen LogP contribution < -0.4 is 10.1 Å². The molecule has 1 amide bonds. The van der Waals surface area contributed by atoms with Crippen molar-refractivity contribution in [3.8, 4) is 5.75 Å². The van der Waals surface area contributed by atoms with Crippen LogP contribution in [0, 0.1) is 0 Å². The highest BCUT2D eigenvalue weighted by Crippen LogP contribution is 2.26. The summed E-state index contributed by atoms with van der Waals surface area (Å²) in [5.41, 5.74) is 2.12. The predicted octanol–water partition coefficient (Wildman–Crippen LogP) is 3.64. The lowest BCUT2D eigenvalue weighted by atomic mass is 10.1. The van der Waals surface area contributed by atoms with Gasteiger partial charge >= 0.3 is 0 Å². The highest BCUT2D eigenvalue weighted by atomic mass is 35.5. The van der Waals surface area contributed by atoms with Gasteiger partial charge in [0.25, 0.3) is 5.91 Å². The van der Waals surface area contributed by atoms with E-state index in [0.29, 0.717) is 33.1 Å². The van der Waals surface area contributed by atoms with Gasteiger partial charge in [-0.15, -0.1) is 0 Å². The van der Waals surface area contributed by atoms with Crippen LogP contribution in [0.25, 0.3) is 10.9 Å². The average Bonchev–Trinajstić information content (AvgIpc) is 2.62. The molecule has 0 saturated heterocycles. The second kappa shape index (κ2) is 6.86. The number of fused-ring (bicyclic) bond motifs is 1. The van der Waals surface area contributed by atoms with Crippen molar-refractivity contribution in [3.63, 3.8) is 0 Å². The van der Waals surface area contributed by atoms with Gasteiger partial charge in [-0.25, -0.2) is 0 Å². The number of aliphatic hydroxyl groups excluding tert-OH is 1. The number of nitrogens with one attached hydrogen (secondary N) is 1. The summed E-state index contributed by atoms with van der Waals surface area (Å²) in [5.74, 6) is 0.263. The maximum atomic E-state index is 12.6. The molecule has 0 spiro atoms. The monoisotopic (exact) mass is 342 g/mol. The van der Waals surface area contributed by atoms with Crippen LogP contribution in [0.15, 0.2) is 48.7 Å². The standard InChI is InChI=1S/C18H15ClN2O3/c1-24-16-7-4-12(9-11(16)10-22)21-18(23)14-5-6-15(19)13-3-2-8-20-17(13)14/h2-9,22H,10H2,1H3,(H,21,23). The van der Waals surface area contributed by atoms with Crippen molar-refractivity contribution in [2.24, 2.45) is 0 Å². The lowest BCUT2D eigenvalue weighted by molar-refractivity contribution is 0.102. The Morgan fingerprint density at radius 1 is 1.29 bits per heavy atom. The lowest BCUT2D eigenvalue weighted by Gasteiger charge is -2.11. The Bertz CT molecular complexity index is 912. The molecule has 2 N–H and O–H groups in total. The van der Waals surface area contributed by atoms with Gasteiger partial charge in [0.15, 0.2) is 0 Å². The number of rotatable bonds is 4. The molecule has 3 aromatic rings. The van der Waals surface area contributed by atoms with E-state index in [9.17, 15) is 9.90 Å². The summed E-state index contributed by atoms with van der Waals surface area (Å²) in [6.07, 6.45) is 1.62. The first-order chi connectivity index (χ1) is 11.6. The third kappa shape index (κ3) is 3.04. The zero-order valence-corrected chi connectivity index (χ0v) is 13.7. The predicted molar refractivity (Wildman–Crippen MR) is 93.6 cm³/mol. The molecule has 0 aliphatic heterocycles. The summed E-state index contributed by atoms with van der Waals surface area (Å²) in [7, 11) is 1.53. The van der Waals surface area contributed by atoms with Gasteiger partial charge in [0.2, 0.25) is 0 Å². The largest absolute Gasteiger partial charge is 0.496 e. The van der Waals surface area contributed by atoms with Crippen molar-refractivity contribution in [3.05, 3.63) is 64.8 Å². The number of anilines is 1. The molecule has 0 aliphatic carbocycles. The van der Waals surface area contributed by atoms with Crippen molar-refractivity contribution >= 4 is 34.1 Å². The number of halogens is 1. The highest BCUT2D eigenvalue weighted by molar-refractivity contribution is 6.36. The van der Waals surface area contributed by atoms with Gasteiger partial charge in [-0.1, -0.05) is 11.6 Å². The number of hydrogen-bond donors (Lipinski definition) is 2. The fraction of sp³-hybridized carbons (Fsp3) is 0.111. The number of carbonyl (C=O) groups is 1. The number of nitrogens with zero attached hydrogens (tertiary/aromatic N) is 1. The number of benzene rings is 2. The van der Waals surface area contributed by atoms with Crippen LogP contribution in [0.5, 0.6) is 5.75 Å². The van der Waals surface area contributed by atoms with Gasteiger partial charge in [-0.3, -0.25) is 9.78 Å². The summed E-state index contributed by atoms with van der Waals surface area (Å²) in [4.78, 5) is 16.9. The van der Waals surface area contributed by atoms with E-state index in [0.717, 1.165) is 5.39 Å². The third-order valence-electron chi connectivity index (χ3n) is 3.67. The number of pyridine rings is 1. The summed E-state index contributed by atoms with van der Waals surface area (Å²) in [5, 5.41) is 13.5. The molecule has 0 radical (unpaired) electrons. The SMILES string of the molecule is COc1ccc(NC(=O)c2ccc(Cl)c3cccnc23)cc1CO. The van der Waals surface area contributed by atoms with E-state index < -0.39 is 0 Å². The molecule has 1 heterocycles. The fourth-order valence-electron chi connectivity index (χ4n) is 2.50. The molecule has 0 atom stereocenters. The summed E-state index contributed by atoms with van der Waals surface area (Å²) >= 11 is 6.15. The fourth-order valence-corrected chi connectivity index (χ4v) is 2.71. The first kappa shape index (κ1) is 16.2. The van der Waals surface area contributed by atoms with E-state index in [1.54, 1.807) is 42.6 Å². The zero-order chi connectivity index (χ0) is 17.1. The van der Waals surface area contributed by atoms with Crippen LogP contribution in [0.4, 0.5) is 5.69 Å². The molecule has 3 rings (SSSR count). The minimum Gasteiger partial charge on any atom is -0.496 e. The van der Waals surface area contributed by atoms with E-state index >= 15 is 0 Å². The molecule has 0 aliphatic rings. The molecule has 0 bridgehead atoms. The third-order valence-corrected chi connectivity index (χ3v) is 4.00. The van der Waals surface area contributed by atoms with Gasteiger partial charge in [-0.2, -0.15) is 0 Å². The molecule has 6 heteroatoms. The number of aliphatic hydroxyl groups is 1. The van der Waals surface area contributed by atoms with Crippen LogP contribution in [-0.2, 0) is 6.61 Å². The van der Waals surface area contributed by atoms with Gasteiger partial charge < -0.3 is 15.2 Å². The summed E-state index contributed by atoms with van der Waals surface area (Å²) in [6, 6.07) is 12.0. The van der Waals surface area contributed by atoms with Gasteiger partial charge in [0.05, 0.1) is 29.8 Å². The molecular weight excluding hydrogens is 328 g/mol. The Morgan fingerprint density at radius 3 is 2.88 bits per heavy atom. The molecule has 24 heavy (non-hydrogen) atoms. The van der Waals surface area contributed by atoms with Crippen molar-refractivity contribution in [1.29, 1.82) is 0 Å². The molecule has 0 unspecified atom stereocenters. The van der Waals surface area contributed by atoms with E-state index in [4.69, 9.17) is 16.3 Å². The number of methoxy groups -OCH3 is 1. The van der Waals surface area contributed by atoms with Crippen molar-refractivity contribution in [1.82, 2.24) is 4.98 Å². The first-order valence-corrected chi connectivity index (χ1v) is 7.64. The van der Waals surface area contributed by atoms with Crippen LogP contribution in [0.2, 0.25) is 5.02 Å². The molecule has 5 nitrogen and oxygen atoms in total. The smallest absolute Gasteiger partial charge is 0.257 e. The first-order valence-electron chi connectivity index (χ1n) is 7.26. The van der Waals surface area contributed by atoms with Crippen LogP contribution >= 0.6 is 11.6 Å². The van der Waals surface area contributed by atoms with Crippen LogP contribution in [0.3, 0.4) is 0 Å². The minimum atomic E-state index is -0.301. The van der Waals surface area contributed by atoms with Gasteiger partial charge in [0, 0.05) is 22.8 Å². The van der Waals surface area contributed by atoms with Crippen molar-refractivity contribution in [2.45, 2.75) is 6.61 Å². The molecule has 2 aromatic carbocycles. The van der Waals surface area contributed by atoms with E-state index in [2.05, 4.69) is 10.3 Å². The van der Waals surface area contributed by atoms with Crippen LogP contribution in [0.1, 0.15) is 15.9 Å². The molecule has 0 saturated carbocycles. The number of amides is 1. The quantitative estimate of drug-likeness (QED) is 0.759. The van der Waals surface area contributed by atoms with E-state index in [-0.39, 0.29) is 12.5 Å². The Balaban J connectivity index is 1.95. The highest BCUT2D eigenvalue weighted by Gasteiger charge is 2.14. The van der Waals surface area contributed by atoms with Crippen molar-refractivity contribution < 1.29 is 14.6 Å². The normalized spacial score (nSPS) is 10.6. The second-order valence-corrected chi connectivity index (χ2v) is 5.54. The van der Waals surface area contributed by atoms with Gasteiger partial charge in [0.1, 0.15) is 5.75 Å². The Kier molecular flexibility index (Phi) is 4.64. The van der Waals surface area contributed by atoms with E-state index in [1.165, 1.54) is 7.11 Å².